The molecule has 2 heterocycles. The number of carbonyl (C=O) groups excluding carboxylic acids is 1. The fraction of sp³-hybridized carbons (Fsp3) is 0.188. The number of hydrogen-bond donors (Lipinski definition) is 1. The van der Waals surface area contributed by atoms with Crippen molar-refractivity contribution in [3.63, 3.8) is 0 Å². The minimum absolute atomic E-state index is 0.117. The topological polar surface area (TPSA) is 69.0 Å². The van der Waals surface area contributed by atoms with Gasteiger partial charge in [-0.1, -0.05) is 0 Å². The maximum absolute atomic E-state index is 13.1. The van der Waals surface area contributed by atoms with Crippen molar-refractivity contribution in [2.45, 2.75) is 6.92 Å². The Hall–Kier alpha value is -2.96. The number of benzene rings is 1. The Balaban J connectivity index is 2.09. The van der Waals surface area contributed by atoms with Crippen molar-refractivity contribution in [2.75, 3.05) is 13.7 Å². The summed E-state index contributed by atoms with van der Waals surface area (Å²) in [6.07, 6.45) is 3.60. The Morgan fingerprint density at radius 2 is 2.04 bits per heavy atom. The van der Waals surface area contributed by atoms with Crippen LogP contribution < -0.4 is 5.32 Å². The number of nitrogens with zero attached hydrogens (tertiary/aromatic N) is 3. The molecule has 0 fully saturated rings. The number of allylic oxidation sites excluding steroid dienone is 2. The zero-order chi connectivity index (χ0) is 16.4. The van der Waals surface area contributed by atoms with E-state index in [9.17, 15) is 9.18 Å². The molecule has 1 aromatic carbocycles. The van der Waals surface area contributed by atoms with Gasteiger partial charge in [-0.3, -0.25) is 4.79 Å². The van der Waals surface area contributed by atoms with Gasteiger partial charge in [-0.2, -0.15) is 0 Å². The predicted octanol–water partition coefficient (Wildman–Crippen LogP) is 2.22. The van der Waals surface area contributed by atoms with Gasteiger partial charge < -0.3 is 10.1 Å². The van der Waals surface area contributed by atoms with E-state index >= 15 is 0 Å². The normalized spacial score (nSPS) is 13.9. The van der Waals surface area contributed by atoms with E-state index in [1.165, 1.54) is 19.1 Å². The van der Waals surface area contributed by atoms with Gasteiger partial charge in [0.05, 0.1) is 19.4 Å². The van der Waals surface area contributed by atoms with Crippen LogP contribution in [0.15, 0.2) is 42.3 Å². The number of ether oxygens (including phenoxy) is 1. The second kappa shape index (κ2) is 6.04. The first kappa shape index (κ1) is 15.0. The van der Waals surface area contributed by atoms with Crippen LogP contribution in [0.25, 0.3) is 17.1 Å². The molecule has 1 aliphatic heterocycles. The summed E-state index contributed by atoms with van der Waals surface area (Å²) in [5.41, 5.74) is 1.47. The Labute approximate surface area is 132 Å². The first-order chi connectivity index (χ1) is 11.1. The second-order valence-electron chi connectivity index (χ2n) is 4.98. The Morgan fingerprint density at radius 3 is 2.61 bits per heavy atom. The lowest BCUT2D eigenvalue weighted by molar-refractivity contribution is 0.100. The van der Waals surface area contributed by atoms with E-state index < -0.39 is 0 Å². The van der Waals surface area contributed by atoms with Crippen LogP contribution in [0.4, 0.5) is 4.39 Å². The molecule has 1 aliphatic rings. The molecule has 2 aromatic rings. The van der Waals surface area contributed by atoms with Crippen LogP contribution in [0.2, 0.25) is 0 Å². The number of ketones is 1. The van der Waals surface area contributed by atoms with Crippen molar-refractivity contribution in [3.05, 3.63) is 53.9 Å². The lowest BCUT2D eigenvalue weighted by Gasteiger charge is -2.17. The Morgan fingerprint density at radius 1 is 1.30 bits per heavy atom. The summed E-state index contributed by atoms with van der Waals surface area (Å²) in [5, 5.41) is 7.35. The quantitative estimate of drug-likeness (QED) is 0.876. The largest absolute Gasteiger partial charge is 0.483 e. The fourth-order valence-electron chi connectivity index (χ4n) is 2.20. The number of rotatable bonds is 4. The van der Waals surface area contributed by atoms with Gasteiger partial charge in [0.1, 0.15) is 5.82 Å². The molecule has 118 valence electrons. The third kappa shape index (κ3) is 2.98. The van der Waals surface area contributed by atoms with Crippen molar-refractivity contribution in [1.29, 1.82) is 0 Å². The number of halogens is 1. The standard InChI is InChI=1S/C16H15FN4O2/c1-10(22)15-19-16(11-3-5-12(17)6-4-11)21(20-15)13-7-8-14(23-2)18-9-13/h3-8,18H,9H2,1-2H3. The number of dihydropyridines is 1. The molecule has 0 saturated heterocycles. The van der Waals surface area contributed by atoms with E-state index in [1.807, 2.05) is 6.08 Å². The molecule has 0 aliphatic carbocycles. The molecule has 0 bridgehead atoms. The molecule has 0 amide bonds. The zero-order valence-electron chi connectivity index (χ0n) is 12.7. The van der Waals surface area contributed by atoms with Gasteiger partial charge in [0.25, 0.3) is 0 Å². The molecule has 0 spiro atoms. The number of nitrogens with one attached hydrogen (secondary N) is 1. The van der Waals surface area contributed by atoms with Crippen molar-refractivity contribution in [3.8, 4) is 11.4 Å². The van der Waals surface area contributed by atoms with Crippen LogP contribution in [0.5, 0.6) is 0 Å². The molecular formula is C16H15FN4O2. The van der Waals surface area contributed by atoms with Gasteiger partial charge in [0, 0.05) is 12.5 Å². The van der Waals surface area contributed by atoms with E-state index in [4.69, 9.17) is 4.74 Å². The minimum atomic E-state index is -0.335. The molecule has 1 aromatic heterocycles. The molecule has 7 heteroatoms. The highest BCUT2D eigenvalue weighted by molar-refractivity contribution is 5.91. The predicted molar refractivity (Wildman–Crippen MR) is 82.8 cm³/mol. The number of carbonyl (C=O) groups is 1. The van der Waals surface area contributed by atoms with Crippen molar-refractivity contribution < 1.29 is 13.9 Å². The van der Waals surface area contributed by atoms with Crippen LogP contribution in [0.3, 0.4) is 0 Å². The van der Waals surface area contributed by atoms with Crippen LogP contribution >= 0.6 is 0 Å². The first-order valence-corrected chi connectivity index (χ1v) is 7.01. The third-order valence-corrected chi connectivity index (χ3v) is 3.39. The summed E-state index contributed by atoms with van der Waals surface area (Å²) in [5.74, 6) is 0.677. The molecule has 3 rings (SSSR count). The summed E-state index contributed by atoms with van der Waals surface area (Å²) in [6, 6.07) is 5.90. The number of aromatic nitrogens is 3. The van der Waals surface area contributed by atoms with Gasteiger partial charge in [-0.25, -0.2) is 14.1 Å². The summed E-state index contributed by atoms with van der Waals surface area (Å²) in [7, 11) is 1.57. The van der Waals surface area contributed by atoms with Crippen LogP contribution in [0.1, 0.15) is 17.5 Å². The number of methoxy groups -OCH3 is 1. The third-order valence-electron chi connectivity index (χ3n) is 3.39. The molecule has 1 N–H and O–H groups in total. The molecule has 0 unspecified atom stereocenters. The van der Waals surface area contributed by atoms with E-state index in [0.717, 1.165) is 5.70 Å². The highest BCUT2D eigenvalue weighted by Crippen LogP contribution is 2.22. The van der Waals surface area contributed by atoms with Crippen LogP contribution in [0, 0.1) is 5.82 Å². The second-order valence-corrected chi connectivity index (χ2v) is 4.98. The van der Waals surface area contributed by atoms with Crippen LogP contribution in [-0.4, -0.2) is 34.2 Å². The van der Waals surface area contributed by atoms with Gasteiger partial charge >= 0.3 is 0 Å². The van der Waals surface area contributed by atoms with E-state index in [0.29, 0.717) is 23.8 Å². The van der Waals surface area contributed by atoms with Crippen molar-refractivity contribution >= 4 is 11.5 Å². The highest BCUT2D eigenvalue weighted by atomic mass is 19.1. The van der Waals surface area contributed by atoms with Crippen molar-refractivity contribution in [2.24, 2.45) is 0 Å². The SMILES string of the molecule is COC1=CC=C(n2nc(C(C)=O)nc2-c2ccc(F)cc2)CN1. The molecule has 0 radical (unpaired) electrons. The number of Topliss-reactive ketones (excluding diaryl/α,β-unsaturated/α-hetero) is 1. The molecule has 23 heavy (non-hydrogen) atoms. The lowest BCUT2D eigenvalue weighted by Crippen LogP contribution is -2.23. The maximum Gasteiger partial charge on any atom is 0.217 e. The van der Waals surface area contributed by atoms with Gasteiger partial charge in [-0.15, -0.1) is 5.10 Å². The average Bonchev–Trinajstić information content (AvgIpc) is 3.01. The smallest absolute Gasteiger partial charge is 0.217 e. The van der Waals surface area contributed by atoms with E-state index in [2.05, 4.69) is 15.4 Å². The van der Waals surface area contributed by atoms with E-state index in [-0.39, 0.29) is 17.4 Å². The molecule has 0 saturated carbocycles. The summed E-state index contributed by atoms with van der Waals surface area (Å²) < 4.78 is 19.8. The Bertz CT molecular complexity index is 806. The van der Waals surface area contributed by atoms with Gasteiger partial charge in [0.15, 0.2) is 17.5 Å². The van der Waals surface area contributed by atoms with Crippen LogP contribution in [-0.2, 0) is 4.74 Å². The van der Waals surface area contributed by atoms with Gasteiger partial charge in [-0.05, 0) is 36.4 Å². The summed E-state index contributed by atoms with van der Waals surface area (Å²) >= 11 is 0. The summed E-state index contributed by atoms with van der Waals surface area (Å²) in [4.78, 5) is 15.9. The summed E-state index contributed by atoms with van der Waals surface area (Å²) in [6.45, 7) is 1.87. The maximum atomic E-state index is 13.1. The lowest BCUT2D eigenvalue weighted by atomic mass is 10.2. The highest BCUT2D eigenvalue weighted by Gasteiger charge is 2.19. The monoisotopic (exact) mass is 314 g/mol. The zero-order valence-corrected chi connectivity index (χ0v) is 12.7. The Kier molecular flexibility index (Phi) is 3.92. The fourth-order valence-corrected chi connectivity index (χ4v) is 2.20. The molecule has 6 nitrogen and oxygen atoms in total. The minimum Gasteiger partial charge on any atom is -0.483 e. The molecular weight excluding hydrogens is 299 g/mol. The number of hydrogen-bond acceptors (Lipinski definition) is 5. The molecule has 0 atom stereocenters. The van der Waals surface area contributed by atoms with Gasteiger partial charge in [0.2, 0.25) is 5.82 Å². The average molecular weight is 314 g/mol. The van der Waals surface area contributed by atoms with Crippen molar-refractivity contribution in [1.82, 2.24) is 20.1 Å². The first-order valence-electron chi connectivity index (χ1n) is 7.01. The van der Waals surface area contributed by atoms with E-state index in [1.54, 1.807) is 30.0 Å².